The van der Waals surface area contributed by atoms with Crippen LogP contribution in [0, 0.1) is 0 Å². The highest BCUT2D eigenvalue weighted by Crippen LogP contribution is 2.28. The Morgan fingerprint density at radius 3 is 2.82 bits per heavy atom. The van der Waals surface area contributed by atoms with Crippen LogP contribution >= 0.6 is 27.3 Å². The summed E-state index contributed by atoms with van der Waals surface area (Å²) in [5, 5.41) is 3.20. The maximum absolute atomic E-state index is 12.0. The van der Waals surface area contributed by atoms with Crippen molar-refractivity contribution in [1.82, 2.24) is 4.98 Å². The fourth-order valence-corrected chi connectivity index (χ4v) is 2.73. The van der Waals surface area contributed by atoms with Gasteiger partial charge in [-0.1, -0.05) is 27.3 Å². The molecule has 0 fully saturated rings. The van der Waals surface area contributed by atoms with E-state index in [0.29, 0.717) is 5.13 Å². The molecule has 0 saturated carbocycles. The summed E-state index contributed by atoms with van der Waals surface area (Å²) in [6.07, 6.45) is -4.99. The summed E-state index contributed by atoms with van der Waals surface area (Å²) >= 11 is 4.67. The van der Waals surface area contributed by atoms with Crippen molar-refractivity contribution < 1.29 is 13.2 Å². The van der Waals surface area contributed by atoms with Crippen molar-refractivity contribution in [1.29, 1.82) is 0 Å². The van der Waals surface area contributed by atoms with Gasteiger partial charge in [0.2, 0.25) is 0 Å². The van der Waals surface area contributed by atoms with Crippen molar-refractivity contribution in [3.63, 3.8) is 0 Å². The number of nitrogens with one attached hydrogen (secondary N) is 1. The van der Waals surface area contributed by atoms with Crippen molar-refractivity contribution in [3.05, 3.63) is 22.7 Å². The number of anilines is 1. The van der Waals surface area contributed by atoms with Gasteiger partial charge in [-0.15, -0.1) is 0 Å². The molecule has 92 valence electrons. The molecule has 1 aromatic carbocycles. The van der Waals surface area contributed by atoms with Crippen molar-refractivity contribution >= 4 is 42.6 Å². The first-order valence-electron chi connectivity index (χ1n) is 4.81. The van der Waals surface area contributed by atoms with Crippen LogP contribution < -0.4 is 5.32 Å². The van der Waals surface area contributed by atoms with Gasteiger partial charge in [0.25, 0.3) is 0 Å². The number of hydrogen-bond donors (Lipinski definition) is 1. The second kappa shape index (κ2) is 4.81. The van der Waals surface area contributed by atoms with E-state index in [9.17, 15) is 13.2 Å². The predicted octanol–water partition coefficient (Wildman–Crippen LogP) is 4.42. The number of benzene rings is 1. The fourth-order valence-electron chi connectivity index (χ4n) is 1.29. The van der Waals surface area contributed by atoms with E-state index in [0.717, 1.165) is 14.7 Å². The molecule has 0 bridgehead atoms. The molecule has 0 radical (unpaired) electrons. The minimum atomic E-state index is -4.13. The van der Waals surface area contributed by atoms with Gasteiger partial charge in [0.15, 0.2) is 5.13 Å². The third-order valence-corrected chi connectivity index (χ3v) is 3.50. The third-order valence-electron chi connectivity index (χ3n) is 2.04. The molecule has 0 aliphatic rings. The molecule has 0 amide bonds. The SMILES string of the molecule is FC(F)(F)CCNc1nc2ccc(Br)cc2s1. The smallest absolute Gasteiger partial charge is 0.361 e. The van der Waals surface area contributed by atoms with Crippen molar-refractivity contribution in [2.45, 2.75) is 12.6 Å². The van der Waals surface area contributed by atoms with E-state index in [1.54, 1.807) is 0 Å². The van der Waals surface area contributed by atoms with Crippen LogP contribution in [0.3, 0.4) is 0 Å². The highest BCUT2D eigenvalue weighted by molar-refractivity contribution is 9.10. The lowest BCUT2D eigenvalue weighted by Crippen LogP contribution is -2.14. The number of thiazole rings is 1. The largest absolute Gasteiger partial charge is 0.390 e. The van der Waals surface area contributed by atoms with Gasteiger partial charge in [-0.05, 0) is 18.2 Å². The zero-order valence-electron chi connectivity index (χ0n) is 8.51. The van der Waals surface area contributed by atoms with Gasteiger partial charge in [0.1, 0.15) is 0 Å². The summed E-state index contributed by atoms with van der Waals surface area (Å²) < 4.78 is 37.7. The van der Waals surface area contributed by atoms with E-state index in [-0.39, 0.29) is 6.54 Å². The first kappa shape index (κ1) is 12.6. The van der Waals surface area contributed by atoms with Gasteiger partial charge >= 0.3 is 6.18 Å². The van der Waals surface area contributed by atoms with Gasteiger partial charge < -0.3 is 5.32 Å². The van der Waals surface area contributed by atoms with Crippen LogP contribution in [0.25, 0.3) is 10.2 Å². The average molecular weight is 325 g/mol. The molecule has 1 heterocycles. The first-order valence-corrected chi connectivity index (χ1v) is 6.42. The van der Waals surface area contributed by atoms with E-state index in [4.69, 9.17) is 0 Å². The molecule has 7 heteroatoms. The van der Waals surface area contributed by atoms with Crippen LogP contribution in [0.2, 0.25) is 0 Å². The molecule has 17 heavy (non-hydrogen) atoms. The Morgan fingerprint density at radius 2 is 2.12 bits per heavy atom. The van der Waals surface area contributed by atoms with Gasteiger partial charge in [-0.2, -0.15) is 13.2 Å². The van der Waals surface area contributed by atoms with E-state index < -0.39 is 12.6 Å². The van der Waals surface area contributed by atoms with E-state index in [2.05, 4.69) is 26.2 Å². The quantitative estimate of drug-likeness (QED) is 0.903. The molecule has 0 atom stereocenters. The summed E-state index contributed by atoms with van der Waals surface area (Å²) in [7, 11) is 0. The van der Waals surface area contributed by atoms with E-state index >= 15 is 0 Å². The van der Waals surface area contributed by atoms with Gasteiger partial charge in [-0.3, -0.25) is 0 Å². The monoisotopic (exact) mass is 324 g/mol. The highest BCUT2D eigenvalue weighted by atomic mass is 79.9. The minimum absolute atomic E-state index is 0.148. The molecular formula is C10H8BrF3N2S. The maximum Gasteiger partial charge on any atom is 0.390 e. The second-order valence-corrected chi connectivity index (χ2v) is 5.37. The van der Waals surface area contributed by atoms with Crippen molar-refractivity contribution in [2.24, 2.45) is 0 Å². The van der Waals surface area contributed by atoms with Gasteiger partial charge in [0.05, 0.1) is 16.6 Å². The fraction of sp³-hybridized carbons (Fsp3) is 0.300. The van der Waals surface area contributed by atoms with Crippen LogP contribution in [0.1, 0.15) is 6.42 Å². The molecule has 1 aromatic heterocycles. The average Bonchev–Trinajstić information content (AvgIpc) is 2.57. The van der Waals surface area contributed by atoms with Crippen LogP contribution in [-0.4, -0.2) is 17.7 Å². The van der Waals surface area contributed by atoms with Gasteiger partial charge in [0, 0.05) is 11.0 Å². The van der Waals surface area contributed by atoms with E-state index in [1.165, 1.54) is 11.3 Å². The number of hydrogen-bond acceptors (Lipinski definition) is 3. The number of fused-ring (bicyclic) bond motifs is 1. The van der Waals surface area contributed by atoms with Crippen LogP contribution in [0.4, 0.5) is 18.3 Å². The maximum atomic E-state index is 12.0. The number of nitrogens with zero attached hydrogens (tertiary/aromatic N) is 1. The Labute approximate surface area is 108 Å². The molecule has 1 N–H and O–H groups in total. The highest BCUT2D eigenvalue weighted by Gasteiger charge is 2.26. The number of aromatic nitrogens is 1. The molecule has 0 aliphatic heterocycles. The van der Waals surface area contributed by atoms with Crippen molar-refractivity contribution in [3.8, 4) is 0 Å². The zero-order chi connectivity index (χ0) is 12.5. The molecule has 2 aromatic rings. The molecule has 0 saturated heterocycles. The van der Waals surface area contributed by atoms with Crippen molar-refractivity contribution in [2.75, 3.05) is 11.9 Å². The molecule has 2 rings (SSSR count). The predicted molar refractivity (Wildman–Crippen MR) is 66.5 cm³/mol. The molecule has 0 unspecified atom stereocenters. The molecule has 0 aliphatic carbocycles. The Hall–Kier alpha value is -0.820. The Kier molecular flexibility index (Phi) is 3.58. The second-order valence-electron chi connectivity index (χ2n) is 3.42. The third kappa shape index (κ3) is 3.57. The summed E-state index contributed by atoms with van der Waals surface area (Å²) in [6.45, 7) is -0.148. The molecular weight excluding hydrogens is 317 g/mol. The Balaban J connectivity index is 2.05. The topological polar surface area (TPSA) is 24.9 Å². The normalized spacial score (nSPS) is 12.0. The lowest BCUT2D eigenvalue weighted by Gasteiger charge is -2.05. The first-order chi connectivity index (χ1) is 7.94. The Morgan fingerprint density at radius 1 is 1.35 bits per heavy atom. The lowest BCUT2D eigenvalue weighted by atomic mass is 10.3. The minimum Gasteiger partial charge on any atom is -0.361 e. The molecule has 2 nitrogen and oxygen atoms in total. The summed E-state index contributed by atoms with van der Waals surface area (Å²) in [5.74, 6) is 0. The lowest BCUT2D eigenvalue weighted by molar-refractivity contribution is -0.131. The summed E-state index contributed by atoms with van der Waals surface area (Å²) in [4.78, 5) is 4.19. The summed E-state index contributed by atoms with van der Waals surface area (Å²) in [5.41, 5.74) is 0.785. The van der Waals surface area contributed by atoms with Crippen LogP contribution in [-0.2, 0) is 0 Å². The number of rotatable bonds is 3. The van der Waals surface area contributed by atoms with Crippen LogP contribution in [0.5, 0.6) is 0 Å². The number of halogens is 4. The summed E-state index contributed by atoms with van der Waals surface area (Å²) in [6, 6.07) is 5.56. The Bertz CT molecular complexity index is 524. The number of alkyl halides is 3. The standard InChI is InChI=1S/C10H8BrF3N2S/c11-6-1-2-7-8(5-6)17-9(16-7)15-4-3-10(12,13)14/h1-2,5H,3-4H2,(H,15,16). The van der Waals surface area contributed by atoms with Crippen LogP contribution in [0.15, 0.2) is 22.7 Å². The van der Waals surface area contributed by atoms with E-state index in [1.807, 2.05) is 18.2 Å². The van der Waals surface area contributed by atoms with Gasteiger partial charge in [-0.25, -0.2) is 4.98 Å². The zero-order valence-corrected chi connectivity index (χ0v) is 10.9. The molecule has 0 spiro atoms.